The summed E-state index contributed by atoms with van der Waals surface area (Å²) in [5, 5.41) is 3.72. The molecule has 1 aliphatic heterocycles. The molecule has 1 fully saturated rings. The first-order chi connectivity index (χ1) is 16.6. The number of benzene rings is 2. The van der Waals surface area contributed by atoms with Crippen molar-refractivity contribution in [2.24, 2.45) is 0 Å². The van der Waals surface area contributed by atoms with Crippen LogP contribution in [-0.4, -0.2) is 27.7 Å². The van der Waals surface area contributed by atoms with E-state index in [0.717, 1.165) is 11.4 Å². The van der Waals surface area contributed by atoms with E-state index in [1.54, 1.807) is 41.4 Å². The number of pyridine rings is 1. The maximum atomic E-state index is 15.0. The monoisotopic (exact) mass is 472 g/mol. The minimum Gasteiger partial charge on any atom is -0.465 e. The lowest BCUT2D eigenvalue weighted by molar-refractivity contribution is 0.0600. The number of nitrogens with zero attached hydrogens (tertiary/aromatic N) is 3. The standard InChI is InChI=1S/C26H21FN4O2S/c1-33-25(32)17-9-2-4-12-20(17)30-16-8-14-22(30)24-23(19-11-6-7-15-28-19)29-26(34)31(24)21-13-5-3-10-18(21)27/h2-16,23-24H,1H3,(H,29,34). The molecular formula is C26H21FN4O2S. The summed E-state index contributed by atoms with van der Waals surface area (Å²) in [7, 11) is 1.35. The molecule has 2 atom stereocenters. The Morgan fingerprint density at radius 3 is 2.47 bits per heavy atom. The van der Waals surface area contributed by atoms with Gasteiger partial charge in [-0.2, -0.15) is 0 Å². The van der Waals surface area contributed by atoms with Gasteiger partial charge in [0.2, 0.25) is 0 Å². The Bertz CT molecular complexity index is 1360. The van der Waals surface area contributed by atoms with E-state index in [-0.39, 0.29) is 11.9 Å². The van der Waals surface area contributed by atoms with E-state index in [9.17, 15) is 9.18 Å². The zero-order valence-electron chi connectivity index (χ0n) is 18.3. The molecule has 1 N–H and O–H groups in total. The highest BCUT2D eigenvalue weighted by molar-refractivity contribution is 7.80. The van der Waals surface area contributed by atoms with E-state index in [4.69, 9.17) is 17.0 Å². The minimum absolute atomic E-state index is 0.354. The summed E-state index contributed by atoms with van der Waals surface area (Å²) in [6.45, 7) is 0. The summed E-state index contributed by atoms with van der Waals surface area (Å²) in [6.07, 6.45) is 3.59. The first kappa shape index (κ1) is 21.8. The molecule has 3 heterocycles. The summed E-state index contributed by atoms with van der Waals surface area (Å²) in [4.78, 5) is 18.8. The average Bonchev–Trinajstić information content (AvgIpc) is 3.48. The average molecular weight is 473 g/mol. The molecule has 2 aromatic carbocycles. The molecule has 8 heteroatoms. The Morgan fingerprint density at radius 2 is 1.74 bits per heavy atom. The topological polar surface area (TPSA) is 59.4 Å². The second kappa shape index (κ2) is 9.07. The molecule has 1 aliphatic rings. The predicted octanol–water partition coefficient (Wildman–Crippen LogP) is 4.98. The summed E-state index contributed by atoms with van der Waals surface area (Å²) >= 11 is 5.69. The van der Waals surface area contributed by atoms with Gasteiger partial charge in [-0.25, -0.2) is 9.18 Å². The molecule has 170 valence electrons. The van der Waals surface area contributed by atoms with Gasteiger partial charge in [-0.05, 0) is 60.7 Å². The number of anilines is 1. The summed E-state index contributed by atoms with van der Waals surface area (Å²) in [5.74, 6) is -0.825. The van der Waals surface area contributed by atoms with Crippen molar-refractivity contribution in [3.05, 3.63) is 114 Å². The summed E-state index contributed by atoms with van der Waals surface area (Å²) in [6, 6.07) is 22.4. The Morgan fingerprint density at radius 1 is 1.00 bits per heavy atom. The first-order valence-electron chi connectivity index (χ1n) is 10.7. The van der Waals surface area contributed by atoms with Crippen LogP contribution in [0.25, 0.3) is 5.69 Å². The number of hydrogen-bond donors (Lipinski definition) is 1. The number of thiocarbonyl (C=S) groups is 1. The molecule has 0 amide bonds. The van der Waals surface area contributed by atoms with Crippen molar-refractivity contribution in [1.29, 1.82) is 0 Å². The molecular weight excluding hydrogens is 451 g/mol. The van der Waals surface area contributed by atoms with Crippen LogP contribution in [0.5, 0.6) is 0 Å². The fourth-order valence-corrected chi connectivity index (χ4v) is 4.72. The van der Waals surface area contributed by atoms with Crippen LogP contribution < -0.4 is 10.2 Å². The van der Waals surface area contributed by atoms with Gasteiger partial charge in [0.15, 0.2) is 5.11 Å². The maximum Gasteiger partial charge on any atom is 0.339 e. The highest BCUT2D eigenvalue weighted by Gasteiger charge is 2.43. The second-order valence-corrected chi connectivity index (χ2v) is 8.15. The number of rotatable bonds is 5. The first-order valence-corrected chi connectivity index (χ1v) is 11.1. The van der Waals surface area contributed by atoms with Crippen LogP contribution >= 0.6 is 12.2 Å². The quantitative estimate of drug-likeness (QED) is 0.327. The van der Waals surface area contributed by atoms with Gasteiger partial charge in [-0.1, -0.05) is 30.3 Å². The van der Waals surface area contributed by atoms with Crippen molar-refractivity contribution in [2.45, 2.75) is 12.1 Å². The minimum atomic E-state index is -0.444. The van der Waals surface area contributed by atoms with E-state index >= 15 is 0 Å². The van der Waals surface area contributed by atoms with Gasteiger partial charge < -0.3 is 19.5 Å². The number of halogens is 1. The number of hydrogen-bond acceptors (Lipinski definition) is 4. The Hall–Kier alpha value is -4.04. The van der Waals surface area contributed by atoms with Crippen molar-refractivity contribution >= 4 is 29.0 Å². The van der Waals surface area contributed by atoms with E-state index in [1.165, 1.54) is 13.2 Å². The largest absolute Gasteiger partial charge is 0.465 e. The fourth-order valence-electron chi connectivity index (χ4n) is 4.38. The number of ether oxygens (including phenoxy) is 1. The van der Waals surface area contributed by atoms with Gasteiger partial charge in [-0.15, -0.1) is 0 Å². The van der Waals surface area contributed by atoms with Gasteiger partial charge in [-0.3, -0.25) is 4.98 Å². The highest BCUT2D eigenvalue weighted by Crippen LogP contribution is 2.43. The van der Waals surface area contributed by atoms with E-state index in [2.05, 4.69) is 10.3 Å². The number of esters is 1. The SMILES string of the molecule is COC(=O)c1ccccc1-n1cccc1C1C(c2ccccn2)NC(=S)N1c1ccccc1F. The molecule has 6 nitrogen and oxygen atoms in total. The normalized spacial score (nSPS) is 17.5. The molecule has 34 heavy (non-hydrogen) atoms. The smallest absolute Gasteiger partial charge is 0.339 e. The molecule has 0 spiro atoms. The lowest BCUT2D eigenvalue weighted by Gasteiger charge is -2.29. The van der Waals surface area contributed by atoms with Gasteiger partial charge >= 0.3 is 5.97 Å². The molecule has 0 saturated carbocycles. The summed E-state index contributed by atoms with van der Waals surface area (Å²) in [5.41, 5.74) is 3.01. The van der Waals surface area contributed by atoms with Crippen molar-refractivity contribution in [1.82, 2.24) is 14.9 Å². The van der Waals surface area contributed by atoms with E-state index < -0.39 is 12.0 Å². The van der Waals surface area contributed by atoms with Gasteiger partial charge in [0.1, 0.15) is 11.9 Å². The molecule has 2 aromatic heterocycles. The molecule has 5 rings (SSSR count). The van der Waals surface area contributed by atoms with Crippen LogP contribution in [0.1, 0.15) is 33.8 Å². The number of aromatic nitrogens is 2. The third-order valence-corrected chi connectivity index (χ3v) is 6.18. The van der Waals surface area contributed by atoms with Crippen LogP contribution in [-0.2, 0) is 4.74 Å². The maximum absolute atomic E-state index is 15.0. The molecule has 0 radical (unpaired) electrons. The molecule has 0 aliphatic carbocycles. The number of para-hydroxylation sites is 2. The Labute approximate surface area is 201 Å². The van der Waals surface area contributed by atoms with Crippen LogP contribution in [0.2, 0.25) is 0 Å². The molecule has 2 unspecified atom stereocenters. The van der Waals surface area contributed by atoms with Gasteiger partial charge in [0.05, 0.1) is 35.8 Å². The van der Waals surface area contributed by atoms with Crippen molar-refractivity contribution in [3.8, 4) is 5.69 Å². The Balaban J connectivity index is 1.71. The predicted molar refractivity (Wildman–Crippen MR) is 131 cm³/mol. The van der Waals surface area contributed by atoms with Crippen molar-refractivity contribution in [2.75, 3.05) is 12.0 Å². The number of nitrogens with one attached hydrogen (secondary N) is 1. The van der Waals surface area contributed by atoms with Crippen LogP contribution in [0.15, 0.2) is 91.3 Å². The van der Waals surface area contributed by atoms with Crippen molar-refractivity contribution in [3.63, 3.8) is 0 Å². The second-order valence-electron chi connectivity index (χ2n) is 7.76. The highest BCUT2D eigenvalue weighted by atomic mass is 32.1. The van der Waals surface area contributed by atoms with E-state index in [1.807, 2.05) is 53.2 Å². The summed E-state index contributed by atoms with van der Waals surface area (Å²) < 4.78 is 21.9. The van der Waals surface area contributed by atoms with Gasteiger partial charge in [0.25, 0.3) is 0 Å². The zero-order valence-corrected chi connectivity index (χ0v) is 19.1. The van der Waals surface area contributed by atoms with Gasteiger partial charge in [0, 0.05) is 18.1 Å². The lowest BCUT2D eigenvalue weighted by Crippen LogP contribution is -2.31. The molecule has 1 saturated heterocycles. The lowest BCUT2D eigenvalue weighted by atomic mass is 10.0. The number of methoxy groups -OCH3 is 1. The zero-order chi connectivity index (χ0) is 23.7. The van der Waals surface area contributed by atoms with Crippen LogP contribution in [0, 0.1) is 5.82 Å². The third kappa shape index (κ3) is 3.72. The molecule has 0 bridgehead atoms. The van der Waals surface area contributed by atoms with Crippen LogP contribution in [0.4, 0.5) is 10.1 Å². The molecule has 4 aromatic rings. The Kier molecular flexibility index (Phi) is 5.81. The number of carbonyl (C=O) groups is 1. The third-order valence-electron chi connectivity index (χ3n) is 5.86. The van der Waals surface area contributed by atoms with E-state index in [0.29, 0.717) is 22.1 Å². The van der Waals surface area contributed by atoms with Crippen LogP contribution in [0.3, 0.4) is 0 Å². The number of carbonyl (C=O) groups excluding carboxylic acids is 1. The van der Waals surface area contributed by atoms with Crippen molar-refractivity contribution < 1.29 is 13.9 Å². The fraction of sp³-hybridized carbons (Fsp3) is 0.115.